The lowest BCUT2D eigenvalue weighted by atomic mass is 9.96. The minimum absolute atomic E-state index is 0.152. The van der Waals surface area contributed by atoms with Crippen LogP contribution in [0.5, 0.6) is 11.5 Å². The summed E-state index contributed by atoms with van der Waals surface area (Å²) in [7, 11) is 0. The summed E-state index contributed by atoms with van der Waals surface area (Å²) in [5.74, 6) is 1.18. The van der Waals surface area contributed by atoms with Gasteiger partial charge in [-0.1, -0.05) is 24.3 Å². The maximum Gasteiger partial charge on any atom is 0.273 e. The molecule has 0 saturated carbocycles. The lowest BCUT2D eigenvalue weighted by molar-refractivity contribution is -0.361. The average molecular weight is 372 g/mol. The third-order valence-corrected chi connectivity index (χ3v) is 4.80. The van der Waals surface area contributed by atoms with Gasteiger partial charge in [0, 0.05) is 28.3 Å². The Labute approximate surface area is 163 Å². The molecule has 0 fully saturated rings. The van der Waals surface area contributed by atoms with Crippen molar-refractivity contribution in [2.75, 3.05) is 5.32 Å². The molecule has 2 heterocycles. The van der Waals surface area contributed by atoms with Crippen LogP contribution < -0.4 is 10.3 Å². The van der Waals surface area contributed by atoms with Gasteiger partial charge in [0.2, 0.25) is 0 Å². The topological polar surface area (TPSA) is 79.5 Å². The van der Waals surface area contributed by atoms with Crippen LogP contribution in [0.25, 0.3) is 10.9 Å². The molecule has 0 unspecified atom stereocenters. The van der Waals surface area contributed by atoms with E-state index in [1.807, 2.05) is 68.6 Å². The van der Waals surface area contributed by atoms with Gasteiger partial charge in [-0.15, -0.1) is 0 Å². The van der Waals surface area contributed by atoms with Crippen LogP contribution in [0.4, 0.5) is 5.82 Å². The molecule has 1 atom stereocenters. The van der Waals surface area contributed by atoms with Gasteiger partial charge in [-0.2, -0.15) is 0 Å². The summed E-state index contributed by atoms with van der Waals surface area (Å²) >= 11 is 0. The van der Waals surface area contributed by atoms with Gasteiger partial charge in [0.15, 0.2) is 0 Å². The van der Waals surface area contributed by atoms with E-state index in [4.69, 9.17) is 0 Å². The summed E-state index contributed by atoms with van der Waals surface area (Å²) in [5, 5.41) is 25.1. The number of anilines is 1. The first-order valence-corrected chi connectivity index (χ1v) is 9.14. The molecule has 0 spiro atoms. The largest absolute Gasteiger partial charge is 0.508 e. The first kappa shape index (κ1) is 17.8. The van der Waals surface area contributed by atoms with E-state index in [0.717, 1.165) is 28.0 Å². The molecule has 0 bridgehead atoms. The molecule has 0 radical (unpaired) electrons. The highest BCUT2D eigenvalue weighted by Gasteiger charge is 2.24. The highest BCUT2D eigenvalue weighted by molar-refractivity contribution is 5.86. The van der Waals surface area contributed by atoms with Crippen molar-refractivity contribution in [3.63, 3.8) is 0 Å². The molecule has 28 heavy (non-hydrogen) atoms. The zero-order chi connectivity index (χ0) is 19.7. The summed E-state index contributed by atoms with van der Waals surface area (Å²) in [4.78, 5) is 7.72. The number of aromatic hydroxyl groups is 2. The monoisotopic (exact) mass is 372 g/mol. The number of pyridine rings is 2. The van der Waals surface area contributed by atoms with E-state index in [1.165, 1.54) is 0 Å². The summed E-state index contributed by atoms with van der Waals surface area (Å²) in [6.45, 7) is 3.93. The smallest absolute Gasteiger partial charge is 0.273 e. The van der Waals surface area contributed by atoms with Crippen LogP contribution in [0, 0.1) is 13.8 Å². The normalized spacial score (nSPS) is 12.1. The maximum absolute atomic E-state index is 11.0. The van der Waals surface area contributed by atoms with E-state index in [0.29, 0.717) is 11.1 Å². The molecule has 4 aromatic rings. The van der Waals surface area contributed by atoms with E-state index in [9.17, 15) is 10.2 Å². The lowest BCUT2D eigenvalue weighted by Crippen LogP contribution is -2.19. The Morgan fingerprint density at radius 2 is 1.68 bits per heavy atom. The second-order valence-electron chi connectivity index (χ2n) is 6.98. The fourth-order valence-electron chi connectivity index (χ4n) is 3.35. The minimum atomic E-state index is -0.328. The summed E-state index contributed by atoms with van der Waals surface area (Å²) in [5.41, 5.74) is 4.17. The molecule has 5 nitrogen and oxygen atoms in total. The van der Waals surface area contributed by atoms with E-state index in [-0.39, 0.29) is 17.5 Å². The van der Waals surface area contributed by atoms with Gasteiger partial charge in [-0.05, 0) is 49.7 Å². The summed E-state index contributed by atoms with van der Waals surface area (Å²) in [6, 6.07) is 18.4. The molecule has 0 aliphatic heterocycles. The van der Waals surface area contributed by atoms with Crippen LogP contribution in [-0.2, 0) is 0 Å². The second-order valence-corrected chi connectivity index (χ2v) is 6.98. The zero-order valence-electron chi connectivity index (χ0n) is 15.8. The Morgan fingerprint density at radius 1 is 0.929 bits per heavy atom. The molecule has 140 valence electrons. The number of aromatic amines is 1. The Morgan fingerprint density at radius 3 is 2.43 bits per heavy atom. The minimum Gasteiger partial charge on any atom is -0.508 e. The highest BCUT2D eigenvalue weighted by atomic mass is 16.3. The second kappa shape index (κ2) is 7.19. The molecular formula is C23H22N3O2+. The van der Waals surface area contributed by atoms with Crippen molar-refractivity contribution >= 4 is 16.7 Å². The molecule has 0 amide bonds. The number of aromatic nitrogens is 2. The zero-order valence-corrected chi connectivity index (χ0v) is 15.8. The van der Waals surface area contributed by atoms with Crippen LogP contribution in [-0.4, -0.2) is 15.2 Å². The van der Waals surface area contributed by atoms with Crippen molar-refractivity contribution in [2.24, 2.45) is 0 Å². The van der Waals surface area contributed by atoms with Crippen molar-refractivity contribution in [3.05, 3.63) is 89.2 Å². The van der Waals surface area contributed by atoms with Crippen LogP contribution in [0.1, 0.15) is 28.4 Å². The first-order chi connectivity index (χ1) is 13.5. The van der Waals surface area contributed by atoms with Gasteiger partial charge in [-0.25, -0.2) is 9.97 Å². The van der Waals surface area contributed by atoms with Gasteiger partial charge >= 0.3 is 0 Å². The number of benzene rings is 2. The van der Waals surface area contributed by atoms with Crippen LogP contribution in [0.2, 0.25) is 0 Å². The van der Waals surface area contributed by atoms with Crippen LogP contribution in [0.3, 0.4) is 0 Å². The van der Waals surface area contributed by atoms with E-state index in [2.05, 4.69) is 15.3 Å². The molecule has 5 heteroatoms. The number of hydrogen-bond donors (Lipinski definition) is 3. The van der Waals surface area contributed by atoms with Gasteiger partial charge in [0.25, 0.3) is 5.82 Å². The standard InChI is InChI=1S/C23H21N3O2/c1-14-11-12-24-20(13-14)26-21(16-5-8-18(27)9-6-16)19-10-7-17-4-3-15(2)25-22(17)23(19)28/h3-13,21,27-28H,1-2H3,(H,24,26)/p+1/t21-/m1/s1. The van der Waals surface area contributed by atoms with E-state index < -0.39 is 0 Å². The third kappa shape index (κ3) is 3.47. The fourth-order valence-corrected chi connectivity index (χ4v) is 3.35. The molecule has 2 aromatic heterocycles. The maximum atomic E-state index is 11.0. The Balaban J connectivity index is 1.86. The highest BCUT2D eigenvalue weighted by Crippen LogP contribution is 2.36. The Kier molecular flexibility index (Phi) is 4.57. The number of hydrogen-bond acceptors (Lipinski definition) is 4. The van der Waals surface area contributed by atoms with Crippen molar-refractivity contribution in [1.82, 2.24) is 4.98 Å². The number of H-pyrrole nitrogens is 1. The van der Waals surface area contributed by atoms with Crippen molar-refractivity contribution in [3.8, 4) is 11.5 Å². The summed E-state index contributed by atoms with van der Waals surface area (Å²) in [6.07, 6.45) is 1.87. The van der Waals surface area contributed by atoms with Crippen molar-refractivity contribution < 1.29 is 15.2 Å². The number of nitrogens with zero attached hydrogens (tertiary/aromatic N) is 1. The van der Waals surface area contributed by atoms with Gasteiger partial charge in [0.1, 0.15) is 23.1 Å². The van der Waals surface area contributed by atoms with Gasteiger partial charge in [0.05, 0.1) is 6.20 Å². The van der Waals surface area contributed by atoms with Crippen LogP contribution in [0.15, 0.2) is 66.9 Å². The van der Waals surface area contributed by atoms with E-state index in [1.54, 1.807) is 12.1 Å². The molecule has 4 N–H and O–H groups in total. The quantitative estimate of drug-likeness (QED) is 0.500. The molecule has 4 rings (SSSR count). The Bertz CT molecular complexity index is 1140. The van der Waals surface area contributed by atoms with Gasteiger partial charge in [-0.3, -0.25) is 5.32 Å². The molecule has 0 saturated heterocycles. The first-order valence-electron chi connectivity index (χ1n) is 9.14. The average Bonchev–Trinajstić information content (AvgIpc) is 2.68. The number of rotatable bonds is 4. The van der Waals surface area contributed by atoms with Gasteiger partial charge < -0.3 is 10.2 Å². The third-order valence-electron chi connectivity index (χ3n) is 4.80. The number of fused-ring (bicyclic) bond motifs is 1. The summed E-state index contributed by atoms with van der Waals surface area (Å²) < 4.78 is 0. The van der Waals surface area contributed by atoms with Crippen LogP contribution >= 0.6 is 0 Å². The van der Waals surface area contributed by atoms with E-state index >= 15 is 0 Å². The number of aryl methyl sites for hydroxylation is 2. The lowest BCUT2D eigenvalue weighted by Gasteiger charge is -2.18. The number of phenols is 2. The number of phenolic OH excluding ortho intramolecular Hbond substituents is 2. The molecule has 0 aliphatic carbocycles. The predicted molar refractivity (Wildman–Crippen MR) is 109 cm³/mol. The predicted octanol–water partition coefficient (Wildman–Crippen LogP) is 4.28. The molecule has 2 aromatic carbocycles. The molecular weight excluding hydrogens is 350 g/mol. The molecule has 0 aliphatic rings. The Hall–Kier alpha value is -3.60. The van der Waals surface area contributed by atoms with Crippen molar-refractivity contribution in [1.29, 1.82) is 0 Å². The fraction of sp³-hybridized carbons (Fsp3) is 0.130. The van der Waals surface area contributed by atoms with Crippen molar-refractivity contribution in [2.45, 2.75) is 19.9 Å². The SMILES string of the molecule is Cc1cc[nH+]c(N[C@H](c2ccc(O)cc2)c2ccc3ccc(C)nc3c2O)c1. The number of nitrogens with one attached hydrogen (secondary N) is 2.